The number of benzene rings is 1. The average Bonchev–Trinajstić information content (AvgIpc) is 3.09. The molecule has 2 heterocycles. The van der Waals surface area contributed by atoms with Gasteiger partial charge in [0.1, 0.15) is 0 Å². The molecule has 0 atom stereocenters. The third-order valence-corrected chi connectivity index (χ3v) is 6.26. The molecule has 6 nitrogen and oxygen atoms in total. The van der Waals surface area contributed by atoms with Crippen LogP contribution in [-0.2, 0) is 10.0 Å². The SMILES string of the molecule is N#Cc1cccc(S(=O)(=O)N2CCN(c3nccs3)CC2)c1. The number of thiazole rings is 1. The molecule has 0 aliphatic carbocycles. The van der Waals surface area contributed by atoms with Gasteiger partial charge < -0.3 is 4.90 Å². The summed E-state index contributed by atoms with van der Waals surface area (Å²) in [6.07, 6.45) is 1.75. The zero-order chi connectivity index (χ0) is 15.6. The minimum atomic E-state index is -3.55. The van der Waals surface area contributed by atoms with E-state index in [0.29, 0.717) is 31.7 Å². The Labute approximate surface area is 133 Å². The molecule has 1 aromatic carbocycles. The van der Waals surface area contributed by atoms with Crippen molar-refractivity contribution < 1.29 is 8.42 Å². The van der Waals surface area contributed by atoms with Gasteiger partial charge in [-0.1, -0.05) is 6.07 Å². The van der Waals surface area contributed by atoms with E-state index in [1.165, 1.54) is 16.4 Å². The van der Waals surface area contributed by atoms with Gasteiger partial charge in [0.05, 0.1) is 16.5 Å². The quantitative estimate of drug-likeness (QED) is 0.850. The number of hydrogen-bond acceptors (Lipinski definition) is 6. The molecular weight excluding hydrogens is 320 g/mol. The summed E-state index contributed by atoms with van der Waals surface area (Å²) in [5.41, 5.74) is 0.350. The predicted octanol–water partition coefficient (Wildman–Crippen LogP) is 1.53. The Balaban J connectivity index is 1.76. The summed E-state index contributed by atoms with van der Waals surface area (Å²) in [5.74, 6) is 0. The molecule has 22 heavy (non-hydrogen) atoms. The lowest BCUT2D eigenvalue weighted by Gasteiger charge is -2.33. The Kier molecular flexibility index (Phi) is 4.11. The van der Waals surface area contributed by atoms with Crippen LogP contribution in [0.3, 0.4) is 0 Å². The van der Waals surface area contributed by atoms with Crippen molar-refractivity contribution in [3.63, 3.8) is 0 Å². The second-order valence-corrected chi connectivity index (χ2v) is 7.66. The molecule has 114 valence electrons. The second kappa shape index (κ2) is 6.04. The molecule has 1 aromatic heterocycles. The maximum atomic E-state index is 12.6. The Bertz CT molecular complexity index is 789. The first kappa shape index (κ1) is 15.0. The van der Waals surface area contributed by atoms with Crippen molar-refractivity contribution in [1.29, 1.82) is 5.26 Å². The van der Waals surface area contributed by atoms with E-state index in [9.17, 15) is 8.42 Å². The van der Waals surface area contributed by atoms with Crippen LogP contribution in [0.5, 0.6) is 0 Å². The van der Waals surface area contributed by atoms with E-state index in [2.05, 4.69) is 9.88 Å². The highest BCUT2D eigenvalue weighted by molar-refractivity contribution is 7.89. The van der Waals surface area contributed by atoms with E-state index >= 15 is 0 Å². The van der Waals surface area contributed by atoms with Gasteiger partial charge in [0.2, 0.25) is 10.0 Å². The largest absolute Gasteiger partial charge is 0.345 e. The van der Waals surface area contributed by atoms with Crippen LogP contribution in [0.25, 0.3) is 0 Å². The van der Waals surface area contributed by atoms with Crippen LogP contribution < -0.4 is 4.90 Å². The average molecular weight is 334 g/mol. The van der Waals surface area contributed by atoms with Crippen molar-refractivity contribution in [2.75, 3.05) is 31.1 Å². The minimum absolute atomic E-state index is 0.175. The molecule has 0 spiro atoms. The molecule has 1 fully saturated rings. The molecule has 2 aromatic rings. The number of nitrogens with zero attached hydrogens (tertiary/aromatic N) is 4. The Morgan fingerprint density at radius 3 is 2.64 bits per heavy atom. The zero-order valence-corrected chi connectivity index (χ0v) is 13.3. The van der Waals surface area contributed by atoms with Crippen LogP contribution in [0.2, 0.25) is 0 Å². The van der Waals surface area contributed by atoms with Crippen molar-refractivity contribution in [2.24, 2.45) is 0 Å². The number of sulfonamides is 1. The fraction of sp³-hybridized carbons (Fsp3) is 0.286. The smallest absolute Gasteiger partial charge is 0.243 e. The van der Waals surface area contributed by atoms with Crippen LogP contribution in [0.4, 0.5) is 5.13 Å². The summed E-state index contributed by atoms with van der Waals surface area (Å²) < 4.78 is 26.7. The van der Waals surface area contributed by atoms with Gasteiger partial charge in [-0.05, 0) is 18.2 Å². The van der Waals surface area contributed by atoms with Gasteiger partial charge in [0.25, 0.3) is 0 Å². The third-order valence-electron chi connectivity index (χ3n) is 3.53. The normalized spacial score (nSPS) is 16.4. The predicted molar refractivity (Wildman–Crippen MR) is 84.2 cm³/mol. The Morgan fingerprint density at radius 2 is 2.00 bits per heavy atom. The lowest BCUT2D eigenvalue weighted by molar-refractivity contribution is 0.384. The van der Waals surface area contributed by atoms with E-state index in [4.69, 9.17) is 5.26 Å². The fourth-order valence-electron chi connectivity index (χ4n) is 2.37. The van der Waals surface area contributed by atoms with Gasteiger partial charge in [-0.3, -0.25) is 0 Å². The number of piperazine rings is 1. The molecular formula is C14H14N4O2S2. The van der Waals surface area contributed by atoms with Crippen molar-refractivity contribution in [1.82, 2.24) is 9.29 Å². The molecule has 0 N–H and O–H groups in total. The Morgan fingerprint density at radius 1 is 1.23 bits per heavy atom. The number of rotatable bonds is 3. The molecule has 0 unspecified atom stereocenters. The van der Waals surface area contributed by atoms with Crippen LogP contribution in [0, 0.1) is 11.3 Å². The van der Waals surface area contributed by atoms with Gasteiger partial charge in [-0.2, -0.15) is 9.57 Å². The van der Waals surface area contributed by atoms with Crippen molar-refractivity contribution in [3.05, 3.63) is 41.4 Å². The van der Waals surface area contributed by atoms with Crippen LogP contribution in [0.15, 0.2) is 40.7 Å². The minimum Gasteiger partial charge on any atom is -0.345 e. The van der Waals surface area contributed by atoms with Crippen LogP contribution in [0.1, 0.15) is 5.56 Å². The highest BCUT2D eigenvalue weighted by Gasteiger charge is 2.29. The van der Waals surface area contributed by atoms with E-state index in [0.717, 1.165) is 5.13 Å². The summed E-state index contributed by atoms with van der Waals surface area (Å²) in [7, 11) is -3.55. The first-order chi connectivity index (χ1) is 10.6. The number of nitriles is 1. The topological polar surface area (TPSA) is 77.3 Å². The maximum Gasteiger partial charge on any atom is 0.243 e. The Hall–Kier alpha value is -1.95. The summed E-state index contributed by atoms with van der Waals surface area (Å²) in [6.45, 7) is 2.06. The molecule has 1 aliphatic heterocycles. The van der Waals surface area contributed by atoms with E-state index in [1.807, 2.05) is 11.4 Å². The fourth-order valence-corrected chi connectivity index (χ4v) is 4.53. The highest BCUT2D eigenvalue weighted by Crippen LogP contribution is 2.22. The lowest BCUT2D eigenvalue weighted by Crippen LogP contribution is -2.48. The molecule has 0 amide bonds. The molecule has 0 saturated carbocycles. The standard InChI is InChI=1S/C14H14N4O2S2/c15-11-12-2-1-3-13(10-12)22(19,20)18-7-5-17(6-8-18)14-16-4-9-21-14/h1-4,9-10H,5-8H2. The van der Waals surface area contributed by atoms with E-state index < -0.39 is 10.0 Å². The van der Waals surface area contributed by atoms with E-state index in [1.54, 1.807) is 29.7 Å². The highest BCUT2D eigenvalue weighted by atomic mass is 32.2. The monoisotopic (exact) mass is 334 g/mol. The first-order valence-corrected chi connectivity index (χ1v) is 9.08. The lowest BCUT2D eigenvalue weighted by atomic mass is 10.2. The van der Waals surface area contributed by atoms with Crippen LogP contribution >= 0.6 is 11.3 Å². The van der Waals surface area contributed by atoms with Gasteiger partial charge in [-0.15, -0.1) is 11.3 Å². The summed E-state index contributed by atoms with van der Waals surface area (Å²) in [6, 6.07) is 8.11. The number of anilines is 1. The van der Waals surface area contributed by atoms with Crippen molar-refractivity contribution in [2.45, 2.75) is 4.90 Å². The van der Waals surface area contributed by atoms with Gasteiger partial charge in [-0.25, -0.2) is 13.4 Å². The first-order valence-electron chi connectivity index (χ1n) is 6.76. The molecule has 1 saturated heterocycles. The molecule has 0 bridgehead atoms. The molecule has 8 heteroatoms. The maximum absolute atomic E-state index is 12.6. The van der Waals surface area contributed by atoms with Gasteiger partial charge >= 0.3 is 0 Å². The number of hydrogen-bond donors (Lipinski definition) is 0. The third kappa shape index (κ3) is 2.83. The zero-order valence-electron chi connectivity index (χ0n) is 11.7. The molecule has 1 aliphatic rings. The van der Waals surface area contributed by atoms with Crippen molar-refractivity contribution in [3.8, 4) is 6.07 Å². The molecule has 3 rings (SSSR count). The van der Waals surface area contributed by atoms with Gasteiger partial charge in [0.15, 0.2) is 5.13 Å². The van der Waals surface area contributed by atoms with Crippen molar-refractivity contribution >= 4 is 26.5 Å². The summed E-state index contributed by atoms with van der Waals surface area (Å²) >= 11 is 1.55. The number of aromatic nitrogens is 1. The molecule has 0 radical (unpaired) electrons. The van der Waals surface area contributed by atoms with Gasteiger partial charge in [0, 0.05) is 37.8 Å². The second-order valence-electron chi connectivity index (χ2n) is 4.85. The summed E-state index contributed by atoms with van der Waals surface area (Å²) in [5, 5.41) is 11.7. The van der Waals surface area contributed by atoms with Crippen LogP contribution in [-0.4, -0.2) is 43.9 Å². The van der Waals surface area contributed by atoms with E-state index in [-0.39, 0.29) is 4.90 Å². The summed E-state index contributed by atoms with van der Waals surface area (Å²) in [4.78, 5) is 6.51.